The summed E-state index contributed by atoms with van der Waals surface area (Å²) in [5.41, 5.74) is 3.96. The van der Waals surface area contributed by atoms with E-state index in [1.807, 2.05) is 0 Å². The lowest BCUT2D eigenvalue weighted by Gasteiger charge is -2.07. The highest BCUT2D eigenvalue weighted by Crippen LogP contribution is 2.06. The zero-order valence-corrected chi connectivity index (χ0v) is 12.1. The van der Waals surface area contributed by atoms with Crippen molar-refractivity contribution in [2.24, 2.45) is 0 Å². The topological polar surface area (TPSA) is 21.3 Å². The third-order valence-corrected chi connectivity index (χ3v) is 3.29. The SMILES string of the molecule is COCc1cccc(CNCCCc2ccccc2)c1. The van der Waals surface area contributed by atoms with Gasteiger partial charge in [-0.3, -0.25) is 0 Å². The molecule has 1 N–H and O–H groups in total. The van der Waals surface area contributed by atoms with Gasteiger partial charge in [-0.15, -0.1) is 0 Å². The normalized spacial score (nSPS) is 10.7. The van der Waals surface area contributed by atoms with Crippen LogP contribution in [0.1, 0.15) is 23.1 Å². The second-order valence-electron chi connectivity index (χ2n) is 5.02. The van der Waals surface area contributed by atoms with Crippen molar-refractivity contribution in [2.75, 3.05) is 13.7 Å². The minimum atomic E-state index is 0.682. The third-order valence-electron chi connectivity index (χ3n) is 3.29. The number of hydrogen-bond acceptors (Lipinski definition) is 2. The van der Waals surface area contributed by atoms with Gasteiger partial charge in [-0.1, -0.05) is 54.6 Å². The minimum absolute atomic E-state index is 0.682. The summed E-state index contributed by atoms with van der Waals surface area (Å²) in [4.78, 5) is 0. The summed E-state index contributed by atoms with van der Waals surface area (Å²) in [6, 6.07) is 19.2. The van der Waals surface area contributed by atoms with Crippen LogP contribution in [0.4, 0.5) is 0 Å². The van der Waals surface area contributed by atoms with Crippen LogP contribution in [0.25, 0.3) is 0 Å². The second-order valence-corrected chi connectivity index (χ2v) is 5.02. The largest absolute Gasteiger partial charge is 0.380 e. The Morgan fingerprint density at radius 3 is 2.45 bits per heavy atom. The van der Waals surface area contributed by atoms with E-state index in [0.29, 0.717) is 6.61 Å². The van der Waals surface area contributed by atoms with Gasteiger partial charge >= 0.3 is 0 Å². The van der Waals surface area contributed by atoms with Gasteiger partial charge in [0.1, 0.15) is 0 Å². The molecule has 0 bridgehead atoms. The van der Waals surface area contributed by atoms with E-state index in [-0.39, 0.29) is 0 Å². The Morgan fingerprint density at radius 2 is 1.65 bits per heavy atom. The molecule has 20 heavy (non-hydrogen) atoms. The lowest BCUT2D eigenvalue weighted by Crippen LogP contribution is -2.15. The quantitative estimate of drug-likeness (QED) is 0.740. The first-order chi connectivity index (χ1) is 9.88. The Hall–Kier alpha value is -1.64. The van der Waals surface area contributed by atoms with Gasteiger partial charge in [-0.2, -0.15) is 0 Å². The average molecular weight is 269 g/mol. The molecule has 0 unspecified atom stereocenters. The first-order valence-corrected chi connectivity index (χ1v) is 7.20. The van der Waals surface area contributed by atoms with E-state index in [0.717, 1.165) is 19.5 Å². The molecule has 0 spiro atoms. The minimum Gasteiger partial charge on any atom is -0.380 e. The highest BCUT2D eigenvalue weighted by molar-refractivity contribution is 5.22. The number of hydrogen-bond donors (Lipinski definition) is 1. The third kappa shape index (κ3) is 5.16. The van der Waals surface area contributed by atoms with E-state index in [2.05, 4.69) is 59.9 Å². The number of aryl methyl sites for hydroxylation is 1. The molecule has 0 amide bonds. The van der Waals surface area contributed by atoms with Gasteiger partial charge in [0, 0.05) is 13.7 Å². The summed E-state index contributed by atoms with van der Waals surface area (Å²) >= 11 is 0. The molecule has 0 aliphatic carbocycles. The first-order valence-electron chi connectivity index (χ1n) is 7.20. The van der Waals surface area contributed by atoms with E-state index in [4.69, 9.17) is 4.74 Å². The summed E-state index contributed by atoms with van der Waals surface area (Å²) in [6.07, 6.45) is 2.30. The van der Waals surface area contributed by atoms with E-state index in [1.54, 1.807) is 7.11 Å². The van der Waals surface area contributed by atoms with Crippen LogP contribution in [-0.2, 0) is 24.3 Å². The van der Waals surface area contributed by atoms with E-state index < -0.39 is 0 Å². The van der Waals surface area contributed by atoms with Crippen molar-refractivity contribution in [3.05, 3.63) is 71.3 Å². The Labute approximate surface area is 121 Å². The zero-order valence-electron chi connectivity index (χ0n) is 12.1. The van der Waals surface area contributed by atoms with Gasteiger partial charge in [0.05, 0.1) is 6.61 Å². The molecule has 2 nitrogen and oxygen atoms in total. The van der Waals surface area contributed by atoms with E-state index in [1.165, 1.54) is 23.1 Å². The van der Waals surface area contributed by atoms with Crippen LogP contribution in [-0.4, -0.2) is 13.7 Å². The Bertz CT molecular complexity index is 496. The van der Waals surface area contributed by atoms with Crippen LogP contribution in [0, 0.1) is 0 Å². The Morgan fingerprint density at radius 1 is 0.900 bits per heavy atom. The number of nitrogens with one attached hydrogen (secondary N) is 1. The fourth-order valence-corrected chi connectivity index (χ4v) is 2.29. The van der Waals surface area contributed by atoms with Crippen LogP contribution in [0.5, 0.6) is 0 Å². The standard InChI is InChI=1S/C18H23NO/c1-20-15-18-10-5-9-17(13-18)14-19-12-6-11-16-7-3-2-4-8-16/h2-5,7-10,13,19H,6,11-12,14-15H2,1H3. The molecule has 2 heteroatoms. The van der Waals surface area contributed by atoms with Gasteiger partial charge in [0.2, 0.25) is 0 Å². The monoisotopic (exact) mass is 269 g/mol. The lowest BCUT2D eigenvalue weighted by atomic mass is 10.1. The maximum Gasteiger partial charge on any atom is 0.0713 e. The molecule has 0 saturated carbocycles. The van der Waals surface area contributed by atoms with Gasteiger partial charge in [-0.05, 0) is 36.1 Å². The number of methoxy groups -OCH3 is 1. The van der Waals surface area contributed by atoms with Gasteiger partial charge in [-0.25, -0.2) is 0 Å². The molecule has 0 aliphatic rings. The maximum atomic E-state index is 5.15. The highest BCUT2D eigenvalue weighted by Gasteiger charge is 1.96. The molecule has 2 aromatic rings. The summed E-state index contributed by atoms with van der Waals surface area (Å²) in [5, 5.41) is 3.50. The average Bonchev–Trinajstić information content (AvgIpc) is 2.49. The summed E-state index contributed by atoms with van der Waals surface area (Å²) in [6.45, 7) is 2.65. The maximum absolute atomic E-state index is 5.15. The summed E-state index contributed by atoms with van der Waals surface area (Å²) in [5.74, 6) is 0. The fourth-order valence-electron chi connectivity index (χ4n) is 2.29. The van der Waals surface area contributed by atoms with Crippen LogP contribution in [0.2, 0.25) is 0 Å². The molecule has 0 radical (unpaired) electrons. The molecule has 0 aromatic heterocycles. The Kier molecular flexibility index (Phi) is 6.28. The molecule has 0 fully saturated rings. The molecule has 0 heterocycles. The van der Waals surface area contributed by atoms with Gasteiger partial charge in [0.15, 0.2) is 0 Å². The number of benzene rings is 2. The van der Waals surface area contributed by atoms with Crippen molar-refractivity contribution in [2.45, 2.75) is 26.0 Å². The van der Waals surface area contributed by atoms with E-state index in [9.17, 15) is 0 Å². The molecular formula is C18H23NO. The fraction of sp³-hybridized carbons (Fsp3) is 0.333. The molecule has 2 aromatic carbocycles. The molecule has 2 rings (SSSR count). The van der Waals surface area contributed by atoms with Crippen molar-refractivity contribution < 1.29 is 4.74 Å². The lowest BCUT2D eigenvalue weighted by molar-refractivity contribution is 0.185. The summed E-state index contributed by atoms with van der Waals surface area (Å²) in [7, 11) is 1.73. The molecule has 106 valence electrons. The molecule has 0 atom stereocenters. The van der Waals surface area contributed by atoms with Crippen molar-refractivity contribution in [3.8, 4) is 0 Å². The number of ether oxygens (including phenoxy) is 1. The Balaban J connectivity index is 1.67. The first kappa shape index (κ1) is 14.8. The smallest absolute Gasteiger partial charge is 0.0713 e. The zero-order chi connectivity index (χ0) is 14.0. The molecule has 0 aliphatic heterocycles. The van der Waals surface area contributed by atoms with Crippen LogP contribution >= 0.6 is 0 Å². The number of rotatable bonds is 8. The van der Waals surface area contributed by atoms with Crippen LogP contribution in [0.3, 0.4) is 0 Å². The van der Waals surface area contributed by atoms with Crippen molar-refractivity contribution >= 4 is 0 Å². The van der Waals surface area contributed by atoms with Crippen molar-refractivity contribution in [1.82, 2.24) is 5.32 Å². The van der Waals surface area contributed by atoms with Gasteiger partial charge in [0.25, 0.3) is 0 Å². The summed E-state index contributed by atoms with van der Waals surface area (Å²) < 4.78 is 5.15. The molecule has 0 saturated heterocycles. The van der Waals surface area contributed by atoms with E-state index >= 15 is 0 Å². The van der Waals surface area contributed by atoms with Gasteiger partial charge < -0.3 is 10.1 Å². The van der Waals surface area contributed by atoms with Crippen LogP contribution in [0.15, 0.2) is 54.6 Å². The van der Waals surface area contributed by atoms with Crippen LogP contribution < -0.4 is 5.32 Å². The van der Waals surface area contributed by atoms with Crippen molar-refractivity contribution in [1.29, 1.82) is 0 Å². The highest BCUT2D eigenvalue weighted by atomic mass is 16.5. The predicted molar refractivity (Wildman–Crippen MR) is 83.6 cm³/mol. The molecular weight excluding hydrogens is 246 g/mol. The predicted octanol–water partition coefficient (Wildman–Crippen LogP) is 3.56. The second kappa shape index (κ2) is 8.51. The van der Waals surface area contributed by atoms with Crippen molar-refractivity contribution in [3.63, 3.8) is 0 Å².